The van der Waals surface area contributed by atoms with Gasteiger partial charge in [-0.05, 0) is 11.8 Å². The molecule has 0 aliphatic heterocycles. The molecule has 3 N–H and O–H groups in total. The number of nitrogens with two attached hydrogens (primary N) is 1. The van der Waals surface area contributed by atoms with E-state index in [9.17, 15) is 0 Å². The Morgan fingerprint density at radius 3 is 2.47 bits per heavy atom. The van der Waals surface area contributed by atoms with Gasteiger partial charge in [0, 0.05) is 13.6 Å². The number of hydrogen-bond donors (Lipinski definition) is 2. The van der Waals surface area contributed by atoms with E-state index in [1.807, 2.05) is 18.9 Å². The highest BCUT2D eigenvalue weighted by atomic mass is 16.5. The molecule has 0 fully saturated rings. The minimum Gasteiger partial charge on any atom is -0.463 e. The van der Waals surface area contributed by atoms with Crippen LogP contribution in [0.4, 0.5) is 11.9 Å². The zero-order chi connectivity index (χ0) is 14.5. The molecule has 1 aromatic rings. The predicted octanol–water partition coefficient (Wildman–Crippen LogP) is 1.43. The SMILES string of the molecule is CCCOc1nc(NN)nc(N(C)CC(C)(C)C)n1. The van der Waals surface area contributed by atoms with Crippen molar-refractivity contribution >= 4 is 11.9 Å². The van der Waals surface area contributed by atoms with E-state index in [0.29, 0.717) is 24.5 Å². The van der Waals surface area contributed by atoms with E-state index >= 15 is 0 Å². The van der Waals surface area contributed by atoms with Crippen molar-refractivity contribution in [3.05, 3.63) is 0 Å². The summed E-state index contributed by atoms with van der Waals surface area (Å²) in [6, 6.07) is 0.292. The van der Waals surface area contributed by atoms with Crippen LogP contribution in [0.25, 0.3) is 0 Å². The second-order valence-corrected chi connectivity index (χ2v) is 5.65. The van der Waals surface area contributed by atoms with E-state index in [0.717, 1.165) is 13.0 Å². The number of anilines is 2. The van der Waals surface area contributed by atoms with Gasteiger partial charge >= 0.3 is 6.01 Å². The molecule has 0 unspecified atom stereocenters. The van der Waals surface area contributed by atoms with Crippen molar-refractivity contribution in [3.8, 4) is 6.01 Å². The Hall–Kier alpha value is -1.63. The van der Waals surface area contributed by atoms with Crippen molar-refractivity contribution in [1.29, 1.82) is 0 Å². The summed E-state index contributed by atoms with van der Waals surface area (Å²) in [5.74, 6) is 6.21. The molecule has 0 amide bonds. The smallest absolute Gasteiger partial charge is 0.323 e. The van der Waals surface area contributed by atoms with Gasteiger partial charge in [-0.3, -0.25) is 5.43 Å². The molecule has 1 heterocycles. The third kappa shape index (κ3) is 5.25. The molecule has 19 heavy (non-hydrogen) atoms. The van der Waals surface area contributed by atoms with Gasteiger partial charge in [0.15, 0.2) is 0 Å². The van der Waals surface area contributed by atoms with Crippen molar-refractivity contribution in [2.45, 2.75) is 34.1 Å². The second kappa shape index (κ2) is 6.51. The molecule has 0 saturated carbocycles. The molecule has 0 aromatic carbocycles. The Morgan fingerprint density at radius 1 is 1.26 bits per heavy atom. The van der Waals surface area contributed by atoms with E-state index in [1.165, 1.54) is 0 Å². The molecule has 0 bridgehead atoms. The number of nitrogen functional groups attached to an aromatic ring is 1. The molecule has 108 valence electrons. The molecular weight excluding hydrogens is 244 g/mol. The normalized spacial score (nSPS) is 11.3. The molecule has 0 atom stereocenters. The predicted molar refractivity (Wildman–Crippen MR) is 76.1 cm³/mol. The van der Waals surface area contributed by atoms with Crippen molar-refractivity contribution in [3.63, 3.8) is 0 Å². The van der Waals surface area contributed by atoms with E-state index < -0.39 is 0 Å². The maximum atomic E-state index is 5.43. The quantitative estimate of drug-likeness (QED) is 0.596. The Morgan fingerprint density at radius 2 is 1.95 bits per heavy atom. The first-order valence-corrected chi connectivity index (χ1v) is 6.42. The van der Waals surface area contributed by atoms with Crippen molar-refractivity contribution in [2.24, 2.45) is 11.3 Å². The van der Waals surface area contributed by atoms with Crippen LogP contribution in [0.1, 0.15) is 34.1 Å². The van der Waals surface area contributed by atoms with Crippen LogP contribution >= 0.6 is 0 Å². The molecule has 0 spiro atoms. The first-order chi connectivity index (χ1) is 8.85. The van der Waals surface area contributed by atoms with Gasteiger partial charge in [0.2, 0.25) is 11.9 Å². The summed E-state index contributed by atoms with van der Waals surface area (Å²) >= 11 is 0. The van der Waals surface area contributed by atoms with Gasteiger partial charge in [0.05, 0.1) is 6.61 Å². The Balaban J connectivity index is 2.92. The van der Waals surface area contributed by atoms with Crippen LogP contribution in [-0.4, -0.2) is 35.2 Å². The number of hydrogen-bond acceptors (Lipinski definition) is 7. The van der Waals surface area contributed by atoms with E-state index in [1.54, 1.807) is 0 Å². The number of nitrogens with zero attached hydrogens (tertiary/aromatic N) is 4. The lowest BCUT2D eigenvalue weighted by Gasteiger charge is -2.26. The molecule has 0 saturated heterocycles. The number of ether oxygens (including phenoxy) is 1. The van der Waals surface area contributed by atoms with Crippen molar-refractivity contribution in [2.75, 3.05) is 30.5 Å². The second-order valence-electron chi connectivity index (χ2n) is 5.65. The number of aromatic nitrogens is 3. The fraction of sp³-hybridized carbons (Fsp3) is 0.750. The molecule has 1 aromatic heterocycles. The van der Waals surface area contributed by atoms with Crippen molar-refractivity contribution < 1.29 is 4.74 Å². The summed E-state index contributed by atoms with van der Waals surface area (Å²) in [4.78, 5) is 14.5. The van der Waals surface area contributed by atoms with E-state index in [2.05, 4.69) is 41.1 Å². The van der Waals surface area contributed by atoms with Gasteiger partial charge in [-0.15, -0.1) is 0 Å². The summed E-state index contributed by atoms with van der Waals surface area (Å²) in [7, 11) is 1.94. The summed E-state index contributed by atoms with van der Waals surface area (Å²) in [6.07, 6.45) is 0.893. The number of hydrazine groups is 1. The van der Waals surface area contributed by atoms with Gasteiger partial charge in [0.25, 0.3) is 0 Å². The van der Waals surface area contributed by atoms with Crippen LogP contribution in [0.3, 0.4) is 0 Å². The lowest BCUT2D eigenvalue weighted by molar-refractivity contribution is 0.291. The minimum absolute atomic E-state index is 0.141. The fourth-order valence-electron chi connectivity index (χ4n) is 1.62. The molecule has 0 aliphatic carbocycles. The van der Waals surface area contributed by atoms with Crippen LogP contribution in [0.2, 0.25) is 0 Å². The van der Waals surface area contributed by atoms with Gasteiger partial charge < -0.3 is 9.64 Å². The van der Waals surface area contributed by atoms with Gasteiger partial charge in [0.1, 0.15) is 0 Å². The number of nitrogens with one attached hydrogen (secondary N) is 1. The van der Waals surface area contributed by atoms with Crippen LogP contribution in [0.15, 0.2) is 0 Å². The van der Waals surface area contributed by atoms with E-state index in [-0.39, 0.29) is 5.41 Å². The maximum Gasteiger partial charge on any atom is 0.323 e. The van der Waals surface area contributed by atoms with Crippen LogP contribution < -0.4 is 20.9 Å². The Bertz CT molecular complexity index is 404. The molecule has 0 aliphatic rings. The maximum absolute atomic E-state index is 5.43. The first kappa shape index (κ1) is 15.4. The number of rotatable bonds is 6. The highest BCUT2D eigenvalue weighted by Gasteiger charge is 2.17. The first-order valence-electron chi connectivity index (χ1n) is 6.42. The Labute approximate surface area is 114 Å². The van der Waals surface area contributed by atoms with Gasteiger partial charge in [-0.25, -0.2) is 5.84 Å². The van der Waals surface area contributed by atoms with Gasteiger partial charge in [-0.1, -0.05) is 27.7 Å². The summed E-state index contributed by atoms with van der Waals surface area (Å²) in [5, 5.41) is 0. The largest absolute Gasteiger partial charge is 0.463 e. The molecule has 1 rings (SSSR count). The van der Waals surface area contributed by atoms with Gasteiger partial charge in [-0.2, -0.15) is 15.0 Å². The fourth-order valence-corrected chi connectivity index (χ4v) is 1.62. The zero-order valence-electron chi connectivity index (χ0n) is 12.4. The van der Waals surface area contributed by atoms with Crippen LogP contribution in [0.5, 0.6) is 6.01 Å². The molecule has 7 nitrogen and oxygen atoms in total. The third-order valence-electron chi connectivity index (χ3n) is 2.22. The summed E-state index contributed by atoms with van der Waals surface area (Å²) in [6.45, 7) is 9.87. The lowest BCUT2D eigenvalue weighted by Crippen LogP contribution is -2.31. The highest BCUT2D eigenvalue weighted by molar-refractivity contribution is 5.37. The molecular formula is C12H24N6O. The monoisotopic (exact) mass is 268 g/mol. The Kier molecular flexibility index (Phi) is 5.29. The highest BCUT2D eigenvalue weighted by Crippen LogP contribution is 2.19. The summed E-state index contributed by atoms with van der Waals surface area (Å²) < 4.78 is 5.43. The molecule has 7 heteroatoms. The minimum atomic E-state index is 0.141. The third-order valence-corrected chi connectivity index (χ3v) is 2.22. The standard InChI is InChI=1S/C12H24N6O/c1-6-7-19-11-15-9(17-13)14-10(16-11)18(5)8-12(2,3)4/h6-8,13H2,1-5H3,(H,14,15,16,17). The topological polar surface area (TPSA) is 89.2 Å². The van der Waals surface area contributed by atoms with E-state index in [4.69, 9.17) is 10.6 Å². The molecule has 0 radical (unpaired) electrons. The van der Waals surface area contributed by atoms with Crippen LogP contribution in [-0.2, 0) is 0 Å². The average molecular weight is 268 g/mol. The summed E-state index contributed by atoms with van der Waals surface area (Å²) in [5.41, 5.74) is 2.57. The zero-order valence-corrected chi connectivity index (χ0v) is 12.4. The lowest BCUT2D eigenvalue weighted by atomic mass is 9.96. The van der Waals surface area contributed by atoms with Crippen molar-refractivity contribution in [1.82, 2.24) is 15.0 Å². The van der Waals surface area contributed by atoms with Crippen LogP contribution in [0, 0.1) is 5.41 Å². The average Bonchev–Trinajstić information content (AvgIpc) is 2.33.